The zero-order valence-corrected chi connectivity index (χ0v) is 19.3. The molecule has 5 rings (SSSR count). The summed E-state index contributed by atoms with van der Waals surface area (Å²) in [7, 11) is 0. The van der Waals surface area contributed by atoms with Gasteiger partial charge in [0.1, 0.15) is 12.4 Å². The number of benzene rings is 1. The van der Waals surface area contributed by atoms with E-state index in [1.165, 1.54) is 0 Å². The fourth-order valence-corrected chi connectivity index (χ4v) is 4.17. The van der Waals surface area contributed by atoms with Gasteiger partial charge in [-0.25, -0.2) is 4.98 Å². The van der Waals surface area contributed by atoms with Crippen LogP contribution in [0.1, 0.15) is 49.5 Å². The molecule has 0 bridgehead atoms. The Kier molecular flexibility index (Phi) is 5.57. The lowest BCUT2D eigenvalue weighted by atomic mass is 9.99. The minimum Gasteiger partial charge on any atom is -0.490 e. The summed E-state index contributed by atoms with van der Waals surface area (Å²) in [4.78, 5) is 28.1. The average Bonchev–Trinajstić information content (AvgIpc) is 3.46. The Morgan fingerprint density at radius 1 is 1.29 bits per heavy atom. The van der Waals surface area contributed by atoms with Crippen LogP contribution in [0.25, 0.3) is 21.9 Å². The predicted molar refractivity (Wildman–Crippen MR) is 123 cm³/mol. The van der Waals surface area contributed by atoms with Crippen molar-refractivity contribution >= 4 is 22.6 Å². The molecule has 184 valence electrons. The second-order valence-corrected chi connectivity index (χ2v) is 9.23. The highest BCUT2D eigenvalue weighted by Crippen LogP contribution is 2.39. The minimum atomic E-state index is -3.43. The molecule has 1 aromatic carbocycles. The third-order valence-electron chi connectivity index (χ3n) is 6.00. The summed E-state index contributed by atoms with van der Waals surface area (Å²) >= 11 is 0. The Morgan fingerprint density at radius 3 is 2.69 bits per heavy atom. The van der Waals surface area contributed by atoms with E-state index >= 15 is 0 Å². The van der Waals surface area contributed by atoms with Gasteiger partial charge in [0, 0.05) is 35.3 Å². The van der Waals surface area contributed by atoms with Gasteiger partial charge in [-0.3, -0.25) is 14.3 Å². The van der Waals surface area contributed by atoms with Gasteiger partial charge >= 0.3 is 5.92 Å². The number of carbonyl (C=O) groups is 2. The highest BCUT2D eigenvalue weighted by atomic mass is 19.3. The molecule has 1 aliphatic heterocycles. The van der Waals surface area contributed by atoms with Crippen LogP contribution in [0.15, 0.2) is 30.7 Å². The van der Waals surface area contributed by atoms with Crippen LogP contribution in [0.4, 0.5) is 8.78 Å². The van der Waals surface area contributed by atoms with Crippen LogP contribution in [0.3, 0.4) is 0 Å². The summed E-state index contributed by atoms with van der Waals surface area (Å²) in [5.74, 6) is -4.97. The number of amides is 2. The molecule has 2 amide bonds. The van der Waals surface area contributed by atoms with Gasteiger partial charge in [0.15, 0.2) is 0 Å². The van der Waals surface area contributed by atoms with Crippen molar-refractivity contribution < 1.29 is 27.8 Å². The maximum absolute atomic E-state index is 13.6. The van der Waals surface area contributed by atoms with E-state index in [1.807, 2.05) is 24.7 Å². The van der Waals surface area contributed by atoms with Crippen LogP contribution in [0, 0.1) is 0 Å². The largest absolute Gasteiger partial charge is 0.490 e. The lowest BCUT2D eigenvalue weighted by molar-refractivity contribution is -0.139. The first-order chi connectivity index (χ1) is 16.6. The van der Waals surface area contributed by atoms with Gasteiger partial charge in [-0.15, -0.1) is 0 Å². The third kappa shape index (κ3) is 4.50. The fraction of sp³-hybridized carbons (Fsp3) is 0.417. The van der Waals surface area contributed by atoms with Crippen molar-refractivity contribution in [1.29, 1.82) is 0 Å². The number of halogens is 2. The van der Waals surface area contributed by atoms with Gasteiger partial charge in [0.2, 0.25) is 5.88 Å². The van der Waals surface area contributed by atoms with E-state index in [9.17, 15) is 18.4 Å². The average molecular weight is 485 g/mol. The monoisotopic (exact) mass is 485 g/mol. The van der Waals surface area contributed by atoms with Gasteiger partial charge in [0.05, 0.1) is 29.9 Å². The van der Waals surface area contributed by atoms with E-state index in [0.29, 0.717) is 22.4 Å². The molecule has 1 saturated heterocycles. The number of nitrogens with two attached hydrogens (primary N) is 1. The van der Waals surface area contributed by atoms with Gasteiger partial charge in [-0.1, -0.05) is 0 Å². The van der Waals surface area contributed by atoms with Crippen molar-refractivity contribution in [1.82, 2.24) is 20.1 Å². The summed E-state index contributed by atoms with van der Waals surface area (Å²) in [6.45, 7) is 3.44. The fourth-order valence-electron chi connectivity index (χ4n) is 4.17. The van der Waals surface area contributed by atoms with Gasteiger partial charge in [0.25, 0.3) is 11.8 Å². The van der Waals surface area contributed by atoms with Crippen molar-refractivity contribution in [3.8, 4) is 22.8 Å². The standard InChI is InChI=1S/C24H25F2N5O4/c1-12(2)35-20-6-17-16(5-18(20)21(27)32)19(13-8-29-31(10-13)15-3-4-15)9-28-22(17)34-11-14-7-24(25,26)23(33)30-14/h5-6,8-10,12,14-15H,3-4,7,11H2,1-2H3,(H2,27,32)(H,30,33). The highest BCUT2D eigenvalue weighted by molar-refractivity contribution is 6.06. The summed E-state index contributed by atoms with van der Waals surface area (Å²) in [6.07, 6.45) is 6.49. The number of primary amides is 1. The zero-order valence-electron chi connectivity index (χ0n) is 19.3. The van der Waals surface area contributed by atoms with Crippen LogP contribution >= 0.6 is 0 Å². The van der Waals surface area contributed by atoms with E-state index in [4.69, 9.17) is 15.2 Å². The van der Waals surface area contributed by atoms with Crippen LogP contribution in [-0.2, 0) is 4.79 Å². The Bertz CT molecular complexity index is 1320. The first kappa shape index (κ1) is 23.0. The quantitative estimate of drug-likeness (QED) is 0.505. The Balaban J connectivity index is 1.57. The molecule has 0 spiro atoms. The van der Waals surface area contributed by atoms with Crippen LogP contribution in [-0.4, -0.2) is 51.3 Å². The molecule has 2 aliphatic rings. The lowest BCUT2D eigenvalue weighted by Gasteiger charge is -2.17. The molecule has 0 radical (unpaired) electrons. The lowest BCUT2D eigenvalue weighted by Crippen LogP contribution is -2.33. The molecular formula is C24H25F2N5O4. The van der Waals surface area contributed by atoms with E-state index in [-0.39, 0.29) is 29.9 Å². The van der Waals surface area contributed by atoms with Crippen molar-refractivity contribution in [2.75, 3.05) is 6.61 Å². The number of carbonyl (C=O) groups excluding carboxylic acids is 2. The van der Waals surface area contributed by atoms with Crippen molar-refractivity contribution in [2.24, 2.45) is 5.73 Å². The number of fused-ring (bicyclic) bond motifs is 1. The van der Waals surface area contributed by atoms with E-state index in [2.05, 4.69) is 15.4 Å². The highest BCUT2D eigenvalue weighted by Gasteiger charge is 2.48. The molecule has 11 heteroatoms. The maximum Gasteiger partial charge on any atom is 0.326 e. The molecule has 1 unspecified atom stereocenters. The summed E-state index contributed by atoms with van der Waals surface area (Å²) in [5, 5.41) is 7.81. The smallest absolute Gasteiger partial charge is 0.326 e. The number of alkyl halides is 2. The topological polar surface area (TPSA) is 121 Å². The number of nitrogens with one attached hydrogen (secondary N) is 1. The molecule has 1 aliphatic carbocycles. The molecule has 3 N–H and O–H groups in total. The third-order valence-corrected chi connectivity index (χ3v) is 6.00. The summed E-state index contributed by atoms with van der Waals surface area (Å²) < 4.78 is 40.7. The van der Waals surface area contributed by atoms with Gasteiger partial charge < -0.3 is 20.5 Å². The zero-order chi connectivity index (χ0) is 24.9. The summed E-state index contributed by atoms with van der Waals surface area (Å²) in [5.41, 5.74) is 7.35. The normalized spacial score (nSPS) is 19.2. The number of aromatic nitrogens is 3. The number of hydrogen-bond donors (Lipinski definition) is 2. The predicted octanol–water partition coefficient (Wildman–Crippen LogP) is 3.22. The second-order valence-electron chi connectivity index (χ2n) is 9.23. The van der Waals surface area contributed by atoms with E-state index in [0.717, 1.165) is 18.4 Å². The Morgan fingerprint density at radius 2 is 2.06 bits per heavy atom. The SMILES string of the molecule is CC(C)Oc1cc2c(OCC3CC(F)(F)C(=O)N3)ncc(-c3cnn(C4CC4)c3)c2cc1C(N)=O. The Hall–Kier alpha value is -3.76. The number of hydrogen-bond acceptors (Lipinski definition) is 6. The van der Waals surface area contributed by atoms with Crippen LogP contribution in [0.5, 0.6) is 11.6 Å². The molecule has 35 heavy (non-hydrogen) atoms. The molecule has 9 nitrogen and oxygen atoms in total. The number of ether oxygens (including phenoxy) is 2. The molecular weight excluding hydrogens is 460 g/mol. The first-order valence-corrected chi connectivity index (χ1v) is 11.4. The van der Waals surface area contributed by atoms with Crippen molar-refractivity contribution in [2.45, 2.75) is 57.2 Å². The number of rotatable bonds is 8. The molecule has 1 atom stereocenters. The molecule has 2 aromatic heterocycles. The molecule has 3 heterocycles. The Labute approximate surface area is 199 Å². The van der Waals surface area contributed by atoms with Crippen molar-refractivity contribution in [3.05, 3.63) is 36.3 Å². The second kappa shape index (κ2) is 8.47. The number of nitrogens with zero attached hydrogens (tertiary/aromatic N) is 3. The van der Waals surface area contributed by atoms with Crippen LogP contribution < -0.4 is 20.5 Å². The summed E-state index contributed by atoms with van der Waals surface area (Å²) in [6, 6.07) is 2.77. The van der Waals surface area contributed by atoms with E-state index in [1.54, 1.807) is 24.5 Å². The first-order valence-electron chi connectivity index (χ1n) is 11.4. The van der Waals surface area contributed by atoms with Gasteiger partial charge in [-0.2, -0.15) is 13.9 Å². The van der Waals surface area contributed by atoms with Gasteiger partial charge in [-0.05, 0) is 44.2 Å². The molecule has 3 aromatic rings. The van der Waals surface area contributed by atoms with Crippen LogP contribution in [0.2, 0.25) is 0 Å². The molecule has 1 saturated carbocycles. The van der Waals surface area contributed by atoms with Crippen molar-refractivity contribution in [3.63, 3.8) is 0 Å². The number of pyridine rings is 1. The minimum absolute atomic E-state index is 0.160. The van der Waals surface area contributed by atoms with E-state index < -0.39 is 30.2 Å². The molecule has 2 fully saturated rings. The maximum atomic E-state index is 13.6.